The van der Waals surface area contributed by atoms with Crippen LogP contribution in [-0.2, 0) is 14.3 Å². The lowest BCUT2D eigenvalue weighted by molar-refractivity contribution is -0.129. The van der Waals surface area contributed by atoms with Gasteiger partial charge in [-0.15, -0.1) is 0 Å². The van der Waals surface area contributed by atoms with E-state index in [-0.39, 0.29) is 17.5 Å². The number of nitrogens with one attached hydrogen (secondary N) is 1. The quantitative estimate of drug-likeness (QED) is 0.570. The molecule has 0 bridgehead atoms. The Hall–Kier alpha value is -3.61. The molecule has 1 aliphatic rings. The van der Waals surface area contributed by atoms with Crippen LogP contribution in [0.1, 0.15) is 31.4 Å². The van der Waals surface area contributed by atoms with Gasteiger partial charge in [0.2, 0.25) is 11.8 Å². The molecule has 2 aromatic rings. The Kier molecular flexibility index (Phi) is 6.29. The summed E-state index contributed by atoms with van der Waals surface area (Å²) >= 11 is 0. The van der Waals surface area contributed by atoms with Crippen LogP contribution in [0.25, 0.3) is 6.08 Å². The highest BCUT2D eigenvalue weighted by atomic mass is 16.6. The molecule has 0 saturated carbocycles. The van der Waals surface area contributed by atoms with Crippen molar-refractivity contribution >= 4 is 29.5 Å². The topological polar surface area (TPSA) is 86.2 Å². The van der Waals surface area contributed by atoms with Gasteiger partial charge in [0.1, 0.15) is 0 Å². The monoisotopic (exact) mass is 394 g/mol. The molecular formula is C22H22N2O5. The average Bonchev–Trinajstić information content (AvgIpc) is 3.07. The highest BCUT2D eigenvalue weighted by molar-refractivity contribution is 6.13. The number of nitrogens with zero attached hydrogens (tertiary/aromatic N) is 1. The number of esters is 1. The Balaban J connectivity index is 1.83. The van der Waals surface area contributed by atoms with Crippen molar-refractivity contribution in [1.29, 1.82) is 0 Å². The van der Waals surface area contributed by atoms with E-state index in [0.717, 1.165) is 12.0 Å². The molecule has 7 heteroatoms. The molecule has 0 atom stereocenters. The van der Waals surface area contributed by atoms with E-state index in [1.165, 1.54) is 6.92 Å². The lowest BCUT2D eigenvalue weighted by Gasteiger charge is -2.10. The van der Waals surface area contributed by atoms with Crippen molar-refractivity contribution in [3.8, 4) is 11.5 Å². The summed E-state index contributed by atoms with van der Waals surface area (Å²) in [7, 11) is 1.58. The number of hydrogen-bond acceptors (Lipinski definition) is 6. The number of aliphatic imine (C=N–C) groups is 1. The lowest BCUT2D eigenvalue weighted by Crippen LogP contribution is -2.07. The van der Waals surface area contributed by atoms with Crippen molar-refractivity contribution in [3.05, 3.63) is 59.3 Å². The lowest BCUT2D eigenvalue weighted by atomic mass is 10.1. The largest absolute Gasteiger partial charge is 0.493 e. The zero-order chi connectivity index (χ0) is 20.8. The van der Waals surface area contributed by atoms with Gasteiger partial charge in [-0.25, -0.2) is 9.79 Å². The number of rotatable bonds is 7. The third kappa shape index (κ3) is 5.01. The van der Waals surface area contributed by atoms with Crippen molar-refractivity contribution in [3.63, 3.8) is 0 Å². The molecule has 0 radical (unpaired) electrons. The van der Waals surface area contributed by atoms with Crippen LogP contribution in [0.4, 0.5) is 5.69 Å². The summed E-state index contributed by atoms with van der Waals surface area (Å²) in [6.45, 7) is 4.02. The number of anilines is 1. The van der Waals surface area contributed by atoms with Crippen molar-refractivity contribution in [2.24, 2.45) is 4.99 Å². The fourth-order valence-electron chi connectivity index (χ4n) is 2.70. The zero-order valence-electron chi connectivity index (χ0n) is 16.5. The maximum atomic E-state index is 12.2. The van der Waals surface area contributed by atoms with E-state index in [2.05, 4.69) is 10.3 Å². The van der Waals surface area contributed by atoms with Gasteiger partial charge in [0.15, 0.2) is 17.2 Å². The number of benzene rings is 2. The Morgan fingerprint density at radius 3 is 2.59 bits per heavy atom. The fourth-order valence-corrected chi connectivity index (χ4v) is 2.70. The van der Waals surface area contributed by atoms with Gasteiger partial charge < -0.3 is 19.5 Å². The van der Waals surface area contributed by atoms with Crippen LogP contribution in [0.3, 0.4) is 0 Å². The van der Waals surface area contributed by atoms with E-state index >= 15 is 0 Å². The maximum absolute atomic E-state index is 12.2. The van der Waals surface area contributed by atoms with Gasteiger partial charge in [-0.1, -0.05) is 13.0 Å². The molecule has 150 valence electrons. The van der Waals surface area contributed by atoms with Gasteiger partial charge in [0.25, 0.3) is 0 Å². The van der Waals surface area contributed by atoms with Crippen LogP contribution in [0.5, 0.6) is 11.5 Å². The first-order valence-corrected chi connectivity index (χ1v) is 9.21. The number of amides is 1. The van der Waals surface area contributed by atoms with Gasteiger partial charge in [-0.2, -0.15) is 0 Å². The summed E-state index contributed by atoms with van der Waals surface area (Å²) in [5, 5.41) is 2.68. The Morgan fingerprint density at radius 2 is 1.93 bits per heavy atom. The minimum atomic E-state index is -0.530. The Bertz CT molecular complexity index is 977. The first-order valence-electron chi connectivity index (χ1n) is 9.21. The SMILES string of the molecule is CCCOc1cc(/C=C2\N=C(c3ccc(NC(C)=O)cc3)OC2=O)ccc1OC. The van der Waals surface area contributed by atoms with Crippen LogP contribution in [0, 0.1) is 0 Å². The molecule has 2 aromatic carbocycles. The van der Waals surface area contributed by atoms with Crippen LogP contribution in [0.15, 0.2) is 53.2 Å². The second-order valence-corrected chi connectivity index (χ2v) is 6.35. The van der Waals surface area contributed by atoms with Gasteiger partial charge in [-0.05, 0) is 54.5 Å². The smallest absolute Gasteiger partial charge is 0.363 e. The van der Waals surface area contributed by atoms with Crippen LogP contribution >= 0.6 is 0 Å². The highest BCUT2D eigenvalue weighted by Crippen LogP contribution is 2.30. The molecule has 1 aliphatic heterocycles. The number of cyclic esters (lactones) is 1. The van der Waals surface area contributed by atoms with Crippen molar-refractivity contribution in [2.75, 3.05) is 19.0 Å². The van der Waals surface area contributed by atoms with Gasteiger partial charge in [-0.3, -0.25) is 4.79 Å². The summed E-state index contributed by atoms with van der Waals surface area (Å²) in [5.41, 5.74) is 2.23. The second-order valence-electron chi connectivity index (χ2n) is 6.35. The van der Waals surface area contributed by atoms with Crippen molar-refractivity contribution in [2.45, 2.75) is 20.3 Å². The maximum Gasteiger partial charge on any atom is 0.363 e. The van der Waals surface area contributed by atoms with Gasteiger partial charge in [0, 0.05) is 18.2 Å². The zero-order valence-corrected chi connectivity index (χ0v) is 16.5. The number of carbonyl (C=O) groups is 2. The van der Waals surface area contributed by atoms with Gasteiger partial charge >= 0.3 is 5.97 Å². The fraction of sp³-hybridized carbons (Fsp3) is 0.227. The molecule has 29 heavy (non-hydrogen) atoms. The molecule has 0 aliphatic carbocycles. The number of methoxy groups -OCH3 is 1. The standard InChI is InChI=1S/C22H22N2O5/c1-4-11-28-20-13-15(5-10-19(20)27-3)12-18-22(26)29-21(24-18)16-6-8-17(9-7-16)23-14(2)25/h5-10,12-13H,4,11H2,1-3H3,(H,23,25)/b18-12-. The molecule has 3 rings (SSSR count). The molecule has 0 spiro atoms. The summed E-state index contributed by atoms with van der Waals surface area (Å²) in [4.78, 5) is 27.7. The summed E-state index contributed by atoms with van der Waals surface area (Å²) in [5.74, 6) is 0.754. The van der Waals surface area contributed by atoms with Crippen LogP contribution < -0.4 is 14.8 Å². The minimum absolute atomic E-state index is 0.158. The third-order valence-electron chi connectivity index (χ3n) is 4.03. The van der Waals surface area contributed by atoms with E-state index in [4.69, 9.17) is 14.2 Å². The van der Waals surface area contributed by atoms with Crippen LogP contribution in [-0.4, -0.2) is 31.5 Å². The number of ether oxygens (including phenoxy) is 3. The first kappa shape index (κ1) is 20.1. The summed E-state index contributed by atoms with van der Waals surface area (Å²) < 4.78 is 16.3. The highest BCUT2D eigenvalue weighted by Gasteiger charge is 2.24. The van der Waals surface area contributed by atoms with Crippen LogP contribution in [0.2, 0.25) is 0 Å². The van der Waals surface area contributed by atoms with Crippen molar-refractivity contribution < 1.29 is 23.8 Å². The predicted molar refractivity (Wildman–Crippen MR) is 110 cm³/mol. The first-order chi connectivity index (χ1) is 14.0. The minimum Gasteiger partial charge on any atom is -0.493 e. The van der Waals surface area contributed by atoms with E-state index in [1.807, 2.05) is 13.0 Å². The Morgan fingerprint density at radius 1 is 1.17 bits per heavy atom. The number of carbonyl (C=O) groups excluding carboxylic acids is 2. The molecule has 0 unspecified atom stereocenters. The molecule has 1 heterocycles. The summed E-state index contributed by atoms with van der Waals surface area (Å²) in [6.07, 6.45) is 2.51. The molecule has 7 nitrogen and oxygen atoms in total. The average molecular weight is 394 g/mol. The summed E-state index contributed by atoms with van der Waals surface area (Å²) in [6, 6.07) is 12.3. The van der Waals surface area contributed by atoms with E-state index in [0.29, 0.717) is 29.4 Å². The van der Waals surface area contributed by atoms with E-state index < -0.39 is 5.97 Å². The van der Waals surface area contributed by atoms with E-state index in [9.17, 15) is 9.59 Å². The van der Waals surface area contributed by atoms with Crippen molar-refractivity contribution in [1.82, 2.24) is 0 Å². The normalized spacial score (nSPS) is 14.4. The molecule has 0 fully saturated rings. The third-order valence-corrected chi connectivity index (χ3v) is 4.03. The molecular weight excluding hydrogens is 372 g/mol. The number of hydrogen-bond donors (Lipinski definition) is 1. The predicted octanol–water partition coefficient (Wildman–Crippen LogP) is 3.79. The molecule has 0 saturated heterocycles. The Labute approximate surface area is 169 Å². The van der Waals surface area contributed by atoms with E-state index in [1.54, 1.807) is 49.6 Å². The molecule has 1 amide bonds. The second kappa shape index (κ2) is 9.05. The van der Waals surface area contributed by atoms with Gasteiger partial charge in [0.05, 0.1) is 13.7 Å². The molecule has 0 aromatic heterocycles. The molecule has 1 N–H and O–H groups in total.